The molecule has 0 saturated heterocycles. The molecule has 0 bridgehead atoms. The summed E-state index contributed by atoms with van der Waals surface area (Å²) < 4.78 is 0. The van der Waals surface area contributed by atoms with E-state index in [-0.39, 0.29) is 28.4 Å². The van der Waals surface area contributed by atoms with Crippen LogP contribution >= 0.6 is 11.6 Å². The van der Waals surface area contributed by atoms with Gasteiger partial charge in [0.05, 0.1) is 5.03 Å². The molecule has 0 N–H and O–H groups in total. The van der Waals surface area contributed by atoms with Gasteiger partial charge in [-0.3, -0.25) is 9.59 Å². The zero-order chi connectivity index (χ0) is 14.0. The van der Waals surface area contributed by atoms with Crippen LogP contribution in [0.15, 0.2) is 34.4 Å². The number of rotatable bonds is 3. The summed E-state index contributed by atoms with van der Waals surface area (Å²) in [6, 6.07) is 0. The number of ketones is 2. The van der Waals surface area contributed by atoms with Crippen molar-refractivity contribution < 1.29 is 9.59 Å². The van der Waals surface area contributed by atoms with Gasteiger partial charge in [0.15, 0.2) is 11.6 Å². The van der Waals surface area contributed by atoms with E-state index in [1.807, 2.05) is 0 Å². The molecule has 0 heterocycles. The lowest BCUT2D eigenvalue weighted by Crippen LogP contribution is -2.35. The number of carbonyl (C=O) groups excluding carboxylic acids is 2. The maximum atomic E-state index is 12.0. The number of hydrogen-bond acceptors (Lipinski definition) is 2. The van der Waals surface area contributed by atoms with Crippen molar-refractivity contribution in [3.05, 3.63) is 34.4 Å². The van der Waals surface area contributed by atoms with Crippen molar-refractivity contribution in [3.63, 3.8) is 0 Å². The van der Waals surface area contributed by atoms with Crippen molar-refractivity contribution in [2.24, 2.45) is 11.8 Å². The van der Waals surface area contributed by atoms with E-state index in [0.29, 0.717) is 12.8 Å². The molecule has 19 heavy (non-hydrogen) atoms. The molecule has 2 unspecified atom stereocenters. The molecule has 2 rings (SSSR count). The van der Waals surface area contributed by atoms with Gasteiger partial charge in [0.1, 0.15) is 0 Å². The molecular formula is C16H19ClO2. The summed E-state index contributed by atoms with van der Waals surface area (Å²) in [6.45, 7) is 4.17. The van der Waals surface area contributed by atoms with Crippen LogP contribution in [0.2, 0.25) is 0 Å². The van der Waals surface area contributed by atoms with Crippen molar-refractivity contribution in [2.45, 2.75) is 39.5 Å². The minimum Gasteiger partial charge on any atom is -0.294 e. The van der Waals surface area contributed by atoms with Gasteiger partial charge in [-0.25, -0.2) is 0 Å². The Hall–Kier alpha value is -1.15. The zero-order valence-corrected chi connectivity index (χ0v) is 12.2. The fourth-order valence-corrected chi connectivity index (χ4v) is 3.03. The number of hydrogen-bond donors (Lipinski definition) is 0. The zero-order valence-electron chi connectivity index (χ0n) is 11.4. The third-order valence-electron chi connectivity index (χ3n) is 3.85. The predicted molar refractivity (Wildman–Crippen MR) is 76.9 cm³/mol. The number of fused-ring (bicyclic) bond motifs is 1. The largest absolute Gasteiger partial charge is 0.294 e. The summed E-state index contributed by atoms with van der Waals surface area (Å²) in [5.74, 6) is -0.452. The molecule has 0 amide bonds. The van der Waals surface area contributed by atoms with E-state index in [1.54, 1.807) is 0 Å². The second-order valence-electron chi connectivity index (χ2n) is 5.59. The van der Waals surface area contributed by atoms with Crippen molar-refractivity contribution in [2.75, 3.05) is 0 Å². The molecular weight excluding hydrogens is 260 g/mol. The number of allylic oxidation sites excluding steroid dienone is 6. The first-order valence-electron chi connectivity index (χ1n) is 6.75. The average Bonchev–Trinajstić information content (AvgIpc) is 2.35. The number of Topliss-reactive ketones (excluding diaryl/α,β-unsaturated/α-hetero) is 1. The van der Waals surface area contributed by atoms with Crippen molar-refractivity contribution in [1.29, 1.82) is 0 Å². The van der Waals surface area contributed by atoms with Gasteiger partial charge in [0.2, 0.25) is 0 Å². The van der Waals surface area contributed by atoms with E-state index in [9.17, 15) is 9.59 Å². The SMILES string of the molecule is CC(C)=CCCC1=CCC2C(=O)C=C(Cl)C(=O)C2C1. The summed E-state index contributed by atoms with van der Waals surface area (Å²) in [6.07, 6.45) is 8.98. The first kappa shape index (κ1) is 14.3. The summed E-state index contributed by atoms with van der Waals surface area (Å²) in [5.41, 5.74) is 2.59. The van der Waals surface area contributed by atoms with Gasteiger partial charge >= 0.3 is 0 Å². The van der Waals surface area contributed by atoms with Crippen LogP contribution in [0, 0.1) is 11.8 Å². The monoisotopic (exact) mass is 278 g/mol. The van der Waals surface area contributed by atoms with Gasteiger partial charge in [-0.1, -0.05) is 34.9 Å². The Labute approximate surface area is 119 Å². The minimum atomic E-state index is -0.225. The Bertz CT molecular complexity index is 493. The highest BCUT2D eigenvalue weighted by molar-refractivity contribution is 6.45. The van der Waals surface area contributed by atoms with Crippen LogP contribution in [0.5, 0.6) is 0 Å². The molecule has 102 valence electrons. The Morgan fingerprint density at radius 2 is 2.11 bits per heavy atom. The molecule has 3 heteroatoms. The molecule has 2 nitrogen and oxygen atoms in total. The predicted octanol–water partition coefficient (Wildman–Crippen LogP) is 3.96. The van der Waals surface area contributed by atoms with Gasteiger partial charge in [-0.2, -0.15) is 0 Å². The van der Waals surface area contributed by atoms with Crippen LogP contribution in [-0.4, -0.2) is 11.6 Å². The van der Waals surface area contributed by atoms with Crippen LogP contribution in [-0.2, 0) is 9.59 Å². The number of halogens is 1. The topological polar surface area (TPSA) is 34.1 Å². The molecule has 0 aromatic rings. The Morgan fingerprint density at radius 3 is 2.79 bits per heavy atom. The van der Waals surface area contributed by atoms with Gasteiger partial charge in [0, 0.05) is 17.9 Å². The second-order valence-corrected chi connectivity index (χ2v) is 6.00. The standard InChI is InChI=1S/C16H19ClO2/c1-10(2)4-3-5-11-6-7-12-13(8-11)16(19)14(17)9-15(12)18/h4,6,9,12-13H,3,5,7-8H2,1-2H3. The Kier molecular flexibility index (Phi) is 4.41. The van der Waals surface area contributed by atoms with Gasteiger partial charge in [0.25, 0.3) is 0 Å². The lowest BCUT2D eigenvalue weighted by molar-refractivity contribution is -0.129. The summed E-state index contributed by atoms with van der Waals surface area (Å²) >= 11 is 5.84. The molecule has 2 aliphatic rings. The van der Waals surface area contributed by atoms with E-state index in [0.717, 1.165) is 12.8 Å². The van der Waals surface area contributed by atoms with E-state index in [4.69, 9.17) is 11.6 Å². The van der Waals surface area contributed by atoms with Crippen molar-refractivity contribution in [1.82, 2.24) is 0 Å². The van der Waals surface area contributed by atoms with Crippen molar-refractivity contribution in [3.8, 4) is 0 Å². The van der Waals surface area contributed by atoms with Crippen LogP contribution in [0.25, 0.3) is 0 Å². The quantitative estimate of drug-likeness (QED) is 0.732. The van der Waals surface area contributed by atoms with Crippen LogP contribution < -0.4 is 0 Å². The molecule has 0 saturated carbocycles. The Balaban J connectivity index is 2.05. The van der Waals surface area contributed by atoms with Crippen LogP contribution in [0.1, 0.15) is 39.5 Å². The fourth-order valence-electron chi connectivity index (χ4n) is 2.79. The average molecular weight is 279 g/mol. The molecule has 0 aromatic carbocycles. The lowest BCUT2D eigenvalue weighted by atomic mass is 9.72. The molecule has 2 aliphatic carbocycles. The summed E-state index contributed by atoms with van der Waals surface area (Å²) in [5, 5.41) is 0.108. The van der Waals surface area contributed by atoms with Gasteiger partial charge in [-0.05, 0) is 39.5 Å². The summed E-state index contributed by atoms with van der Waals surface area (Å²) in [4.78, 5) is 23.9. The van der Waals surface area contributed by atoms with E-state index >= 15 is 0 Å². The van der Waals surface area contributed by atoms with Crippen LogP contribution in [0.3, 0.4) is 0 Å². The molecule has 0 fully saturated rings. The van der Waals surface area contributed by atoms with Crippen molar-refractivity contribution >= 4 is 23.2 Å². The lowest BCUT2D eigenvalue weighted by Gasteiger charge is -2.31. The smallest absolute Gasteiger partial charge is 0.178 e. The molecule has 0 aliphatic heterocycles. The minimum absolute atomic E-state index is 0.00852. The van der Waals surface area contributed by atoms with E-state index < -0.39 is 0 Å². The highest BCUT2D eigenvalue weighted by Gasteiger charge is 2.39. The second kappa shape index (κ2) is 5.87. The molecule has 0 aromatic heterocycles. The molecule has 0 spiro atoms. The first-order chi connectivity index (χ1) is 8.99. The van der Waals surface area contributed by atoms with Gasteiger partial charge in [-0.15, -0.1) is 0 Å². The van der Waals surface area contributed by atoms with E-state index in [2.05, 4.69) is 26.0 Å². The third kappa shape index (κ3) is 3.24. The number of carbonyl (C=O) groups is 2. The highest BCUT2D eigenvalue weighted by Crippen LogP contribution is 2.38. The van der Waals surface area contributed by atoms with Gasteiger partial charge < -0.3 is 0 Å². The Morgan fingerprint density at radius 1 is 1.37 bits per heavy atom. The maximum absolute atomic E-state index is 12.0. The highest BCUT2D eigenvalue weighted by atomic mass is 35.5. The molecule has 0 radical (unpaired) electrons. The fraction of sp³-hybridized carbons (Fsp3) is 0.500. The van der Waals surface area contributed by atoms with E-state index in [1.165, 1.54) is 17.2 Å². The normalized spacial score (nSPS) is 26.5. The van der Waals surface area contributed by atoms with Crippen LogP contribution in [0.4, 0.5) is 0 Å². The summed E-state index contributed by atoms with van der Waals surface area (Å²) in [7, 11) is 0. The first-order valence-corrected chi connectivity index (χ1v) is 7.13. The molecule has 2 atom stereocenters. The maximum Gasteiger partial charge on any atom is 0.178 e. The third-order valence-corrected chi connectivity index (χ3v) is 4.15.